The molecule has 0 saturated heterocycles. The molecule has 1 heterocycles. The Morgan fingerprint density at radius 1 is 1.04 bits per heavy atom. The van der Waals surface area contributed by atoms with Crippen LogP contribution in [0.1, 0.15) is 37.8 Å². The van der Waals surface area contributed by atoms with Gasteiger partial charge < -0.3 is 4.74 Å². The molecule has 28 heavy (non-hydrogen) atoms. The Morgan fingerprint density at radius 3 is 2.18 bits per heavy atom. The Labute approximate surface area is 161 Å². The lowest BCUT2D eigenvalue weighted by Gasteiger charge is -2.26. The third-order valence-corrected chi connectivity index (χ3v) is 5.64. The summed E-state index contributed by atoms with van der Waals surface area (Å²) in [6.45, 7) is 3.67. The summed E-state index contributed by atoms with van der Waals surface area (Å²) in [5, 5.41) is 5.14. The molecule has 0 unspecified atom stereocenters. The Balaban J connectivity index is 2.25. The highest BCUT2D eigenvalue weighted by molar-refractivity contribution is 7.89. The molecule has 0 spiro atoms. The van der Waals surface area contributed by atoms with Crippen LogP contribution in [0.3, 0.4) is 0 Å². The van der Waals surface area contributed by atoms with Gasteiger partial charge in [0.1, 0.15) is 5.60 Å². The van der Waals surface area contributed by atoms with Gasteiger partial charge in [0.25, 0.3) is 0 Å². The Bertz CT molecular complexity index is 1080. The van der Waals surface area contributed by atoms with E-state index in [4.69, 9.17) is 9.88 Å². The molecule has 0 amide bonds. The van der Waals surface area contributed by atoms with E-state index in [1.54, 1.807) is 6.92 Å². The van der Waals surface area contributed by atoms with Crippen molar-refractivity contribution < 1.29 is 26.7 Å². The molecule has 2 aromatic carbocycles. The first kappa shape index (κ1) is 20.2. The molecule has 0 radical (unpaired) electrons. The second-order valence-electron chi connectivity index (χ2n) is 6.82. The van der Waals surface area contributed by atoms with Crippen LogP contribution in [0.2, 0.25) is 0 Å². The molecule has 1 aliphatic heterocycles. The number of hydrogen-bond acceptors (Lipinski definition) is 4. The van der Waals surface area contributed by atoms with Gasteiger partial charge in [-0.25, -0.2) is 27.1 Å². The average Bonchev–Trinajstić information content (AvgIpc) is 2.87. The summed E-state index contributed by atoms with van der Waals surface area (Å²) in [6.07, 6.45) is 1.20. The number of nitrogens with two attached hydrogens (primary N) is 1. The maximum absolute atomic E-state index is 13.8. The Hall–Kier alpha value is -2.58. The predicted octanol–water partition coefficient (Wildman–Crippen LogP) is 3.64. The lowest BCUT2D eigenvalue weighted by molar-refractivity contribution is -0.143. The van der Waals surface area contributed by atoms with E-state index < -0.39 is 33.2 Å². The molecule has 8 heteroatoms. The van der Waals surface area contributed by atoms with E-state index in [0.29, 0.717) is 24.0 Å². The minimum atomic E-state index is -3.87. The molecule has 0 saturated carbocycles. The molecule has 0 aliphatic carbocycles. The molecule has 2 aromatic rings. The van der Waals surface area contributed by atoms with Crippen LogP contribution in [0, 0.1) is 11.6 Å². The van der Waals surface area contributed by atoms with E-state index in [9.17, 15) is 22.0 Å². The van der Waals surface area contributed by atoms with Crippen LogP contribution in [0.5, 0.6) is 0 Å². The standard InChI is InChI=1S/C20H19F2NO4S/c1-3-10-20(2)18(12-4-7-14(8-5-12)28(23,25)26)17(19(24)27-20)13-6-9-15(21)16(22)11-13/h4-9,11H,3,10H2,1-2H3,(H2,23,25,26)/t20-/m1/s1. The summed E-state index contributed by atoms with van der Waals surface area (Å²) >= 11 is 0. The minimum absolute atomic E-state index is 0.0753. The van der Waals surface area contributed by atoms with Crippen molar-refractivity contribution in [1.82, 2.24) is 0 Å². The third-order valence-electron chi connectivity index (χ3n) is 4.71. The zero-order chi connectivity index (χ0) is 20.7. The normalized spacial score (nSPS) is 19.8. The van der Waals surface area contributed by atoms with Crippen LogP contribution in [0.15, 0.2) is 47.4 Å². The fourth-order valence-electron chi connectivity index (χ4n) is 3.50. The molecule has 1 atom stereocenters. The quantitative estimate of drug-likeness (QED) is 0.767. The third kappa shape index (κ3) is 3.57. The lowest BCUT2D eigenvalue weighted by atomic mass is 9.83. The van der Waals surface area contributed by atoms with Crippen molar-refractivity contribution in [3.8, 4) is 0 Å². The van der Waals surface area contributed by atoms with E-state index in [0.717, 1.165) is 12.1 Å². The van der Waals surface area contributed by atoms with Crippen LogP contribution >= 0.6 is 0 Å². The summed E-state index contributed by atoms with van der Waals surface area (Å²) in [4.78, 5) is 12.6. The van der Waals surface area contributed by atoms with Gasteiger partial charge >= 0.3 is 5.97 Å². The summed E-state index contributed by atoms with van der Waals surface area (Å²) < 4.78 is 55.8. The first-order valence-corrected chi connectivity index (χ1v) is 10.2. The summed E-state index contributed by atoms with van der Waals surface area (Å²) in [6, 6.07) is 8.90. The minimum Gasteiger partial charge on any atom is -0.451 e. The molecular formula is C20H19F2NO4S. The largest absolute Gasteiger partial charge is 0.451 e. The number of ether oxygens (including phenoxy) is 1. The number of primary sulfonamides is 1. The molecule has 2 N–H and O–H groups in total. The lowest BCUT2D eigenvalue weighted by Crippen LogP contribution is -2.27. The SMILES string of the molecule is CCC[C@@]1(C)OC(=O)C(c2ccc(F)c(F)c2)=C1c1ccc(S(N)(=O)=O)cc1. The number of carbonyl (C=O) groups is 1. The van der Waals surface area contributed by atoms with Gasteiger partial charge in [0.05, 0.1) is 10.5 Å². The van der Waals surface area contributed by atoms with Crippen LogP contribution < -0.4 is 5.14 Å². The number of halogens is 2. The molecule has 1 aliphatic rings. The van der Waals surface area contributed by atoms with Gasteiger partial charge in [-0.05, 0) is 48.7 Å². The zero-order valence-electron chi connectivity index (χ0n) is 15.3. The van der Waals surface area contributed by atoms with Crippen molar-refractivity contribution in [2.75, 3.05) is 0 Å². The summed E-state index contributed by atoms with van der Waals surface area (Å²) in [5.74, 6) is -2.75. The van der Waals surface area contributed by atoms with E-state index in [-0.39, 0.29) is 16.0 Å². The molecular weight excluding hydrogens is 388 g/mol. The highest BCUT2D eigenvalue weighted by Gasteiger charge is 2.44. The van der Waals surface area contributed by atoms with Crippen molar-refractivity contribution >= 4 is 27.1 Å². The predicted molar refractivity (Wildman–Crippen MR) is 100 cm³/mol. The van der Waals surface area contributed by atoms with Crippen LogP contribution in [-0.4, -0.2) is 20.0 Å². The summed E-state index contributed by atoms with van der Waals surface area (Å²) in [5.41, 5.74) is 0.350. The maximum Gasteiger partial charge on any atom is 0.340 e. The van der Waals surface area contributed by atoms with Gasteiger partial charge in [-0.2, -0.15) is 0 Å². The molecule has 5 nitrogen and oxygen atoms in total. The van der Waals surface area contributed by atoms with Gasteiger partial charge in [-0.3, -0.25) is 0 Å². The topological polar surface area (TPSA) is 86.5 Å². The number of hydrogen-bond donors (Lipinski definition) is 1. The first-order chi connectivity index (χ1) is 13.1. The van der Waals surface area contributed by atoms with Gasteiger partial charge in [0, 0.05) is 5.57 Å². The second kappa shape index (κ2) is 7.10. The molecule has 148 valence electrons. The monoisotopic (exact) mass is 407 g/mol. The number of cyclic esters (lactones) is 1. The molecule has 0 bridgehead atoms. The maximum atomic E-state index is 13.8. The van der Waals surface area contributed by atoms with Crippen LogP contribution in [-0.2, 0) is 19.6 Å². The molecule has 0 fully saturated rings. The number of sulfonamides is 1. The second-order valence-corrected chi connectivity index (χ2v) is 8.38. The smallest absolute Gasteiger partial charge is 0.340 e. The molecule has 3 rings (SSSR count). The van der Waals surface area contributed by atoms with E-state index in [1.165, 1.54) is 30.3 Å². The van der Waals surface area contributed by atoms with Gasteiger partial charge in [0.15, 0.2) is 11.6 Å². The molecule has 0 aromatic heterocycles. The van der Waals surface area contributed by atoms with Crippen molar-refractivity contribution in [3.63, 3.8) is 0 Å². The average molecular weight is 407 g/mol. The highest BCUT2D eigenvalue weighted by Crippen LogP contribution is 2.46. The van der Waals surface area contributed by atoms with E-state index >= 15 is 0 Å². The Kier molecular flexibility index (Phi) is 5.12. The fourth-order valence-corrected chi connectivity index (χ4v) is 4.02. The summed E-state index contributed by atoms with van der Waals surface area (Å²) in [7, 11) is -3.87. The van der Waals surface area contributed by atoms with Crippen molar-refractivity contribution in [2.45, 2.75) is 37.2 Å². The number of rotatable bonds is 5. The first-order valence-electron chi connectivity index (χ1n) is 8.63. The van der Waals surface area contributed by atoms with Crippen molar-refractivity contribution in [1.29, 1.82) is 0 Å². The number of benzene rings is 2. The number of esters is 1. The van der Waals surface area contributed by atoms with Crippen molar-refractivity contribution in [3.05, 3.63) is 65.2 Å². The van der Waals surface area contributed by atoms with Gasteiger partial charge in [-0.15, -0.1) is 0 Å². The van der Waals surface area contributed by atoms with E-state index in [2.05, 4.69) is 0 Å². The van der Waals surface area contributed by atoms with E-state index in [1.807, 2.05) is 6.92 Å². The van der Waals surface area contributed by atoms with Gasteiger partial charge in [-0.1, -0.05) is 31.5 Å². The number of carbonyl (C=O) groups excluding carboxylic acids is 1. The highest BCUT2D eigenvalue weighted by atomic mass is 32.2. The van der Waals surface area contributed by atoms with Crippen molar-refractivity contribution in [2.24, 2.45) is 5.14 Å². The van der Waals surface area contributed by atoms with Crippen LogP contribution in [0.4, 0.5) is 8.78 Å². The Morgan fingerprint density at radius 2 is 1.64 bits per heavy atom. The van der Waals surface area contributed by atoms with Gasteiger partial charge in [0.2, 0.25) is 10.0 Å². The zero-order valence-corrected chi connectivity index (χ0v) is 16.1. The van der Waals surface area contributed by atoms with Crippen LogP contribution in [0.25, 0.3) is 11.1 Å². The fraction of sp³-hybridized carbons (Fsp3) is 0.250.